The highest BCUT2D eigenvalue weighted by Gasteiger charge is 2.31. The molecule has 1 fully saturated rings. The minimum atomic E-state index is -3.55. The van der Waals surface area contributed by atoms with Gasteiger partial charge >= 0.3 is 0 Å². The maximum atomic E-state index is 12.2. The van der Waals surface area contributed by atoms with Crippen molar-refractivity contribution in [1.29, 1.82) is 0 Å². The first-order valence-corrected chi connectivity index (χ1v) is 9.42. The summed E-state index contributed by atoms with van der Waals surface area (Å²) < 4.78 is 27.1. The molecule has 1 aliphatic rings. The molecule has 3 rings (SSSR count). The summed E-state index contributed by atoms with van der Waals surface area (Å²) in [5.74, 6) is -0.0760. The molecule has 0 spiro atoms. The predicted octanol–water partition coefficient (Wildman–Crippen LogP) is 2.67. The van der Waals surface area contributed by atoms with Crippen molar-refractivity contribution >= 4 is 33.2 Å². The van der Waals surface area contributed by atoms with E-state index in [-0.39, 0.29) is 23.3 Å². The maximum Gasteiger partial charge on any atom is 0.240 e. The van der Waals surface area contributed by atoms with Crippen LogP contribution >= 0.6 is 11.6 Å². The number of carbonyl (C=O) groups is 1. The standard InChI is InChI=1S/C17H17ClN2O3S/c18-14-6-8-15(9-7-14)20-12-13(10-17(20)21)11-19-24(22,23)16-4-2-1-3-5-16/h1-9,13,19H,10-12H2. The van der Waals surface area contributed by atoms with Crippen LogP contribution in [0.5, 0.6) is 0 Å². The lowest BCUT2D eigenvalue weighted by Crippen LogP contribution is -2.31. The van der Waals surface area contributed by atoms with Crippen molar-refractivity contribution in [2.24, 2.45) is 5.92 Å². The Morgan fingerprint density at radius 3 is 2.42 bits per heavy atom. The molecular formula is C17H17ClN2O3S. The summed E-state index contributed by atoms with van der Waals surface area (Å²) in [5.41, 5.74) is 0.776. The monoisotopic (exact) mass is 364 g/mol. The predicted molar refractivity (Wildman–Crippen MR) is 93.5 cm³/mol. The zero-order chi connectivity index (χ0) is 17.2. The largest absolute Gasteiger partial charge is 0.312 e. The van der Waals surface area contributed by atoms with Crippen LogP contribution in [-0.4, -0.2) is 27.4 Å². The number of halogens is 1. The van der Waals surface area contributed by atoms with Crippen molar-refractivity contribution in [3.8, 4) is 0 Å². The van der Waals surface area contributed by atoms with Gasteiger partial charge in [-0.1, -0.05) is 29.8 Å². The lowest BCUT2D eigenvalue weighted by molar-refractivity contribution is -0.117. The minimum absolute atomic E-state index is 0.0127. The summed E-state index contributed by atoms with van der Waals surface area (Å²) in [5, 5.41) is 0.609. The Morgan fingerprint density at radius 1 is 1.08 bits per heavy atom. The second kappa shape index (κ2) is 6.93. The van der Waals surface area contributed by atoms with Gasteiger partial charge in [0.25, 0.3) is 0 Å². The van der Waals surface area contributed by atoms with Crippen LogP contribution in [0.4, 0.5) is 5.69 Å². The highest BCUT2D eigenvalue weighted by atomic mass is 35.5. The lowest BCUT2D eigenvalue weighted by Gasteiger charge is -2.17. The number of nitrogens with one attached hydrogen (secondary N) is 1. The van der Waals surface area contributed by atoms with Crippen molar-refractivity contribution in [2.45, 2.75) is 11.3 Å². The first-order chi connectivity index (χ1) is 11.5. The molecule has 1 atom stereocenters. The molecule has 1 unspecified atom stereocenters. The average molecular weight is 365 g/mol. The van der Waals surface area contributed by atoms with E-state index < -0.39 is 10.0 Å². The topological polar surface area (TPSA) is 66.5 Å². The van der Waals surface area contributed by atoms with Gasteiger partial charge in [0.1, 0.15) is 0 Å². The van der Waals surface area contributed by atoms with Gasteiger partial charge in [-0.25, -0.2) is 13.1 Å². The Hall–Kier alpha value is -1.89. The summed E-state index contributed by atoms with van der Waals surface area (Å²) >= 11 is 5.86. The molecule has 1 saturated heterocycles. The van der Waals surface area contributed by atoms with E-state index in [2.05, 4.69) is 4.72 Å². The summed E-state index contributed by atoms with van der Waals surface area (Å²) in [6.07, 6.45) is 0.319. The summed E-state index contributed by atoms with van der Waals surface area (Å²) in [7, 11) is -3.55. The molecule has 1 aliphatic heterocycles. The van der Waals surface area contributed by atoms with Gasteiger partial charge in [0.2, 0.25) is 15.9 Å². The number of hydrogen-bond donors (Lipinski definition) is 1. The number of amides is 1. The van der Waals surface area contributed by atoms with E-state index in [1.807, 2.05) is 0 Å². The molecule has 0 saturated carbocycles. The second-order valence-electron chi connectivity index (χ2n) is 5.72. The van der Waals surface area contributed by atoms with Crippen LogP contribution in [0, 0.1) is 5.92 Å². The van der Waals surface area contributed by atoms with E-state index in [1.54, 1.807) is 59.5 Å². The fourth-order valence-corrected chi connectivity index (χ4v) is 3.96. The molecular weight excluding hydrogens is 348 g/mol. The van der Waals surface area contributed by atoms with Crippen LogP contribution < -0.4 is 9.62 Å². The number of benzene rings is 2. The lowest BCUT2D eigenvalue weighted by atomic mass is 10.1. The zero-order valence-corrected chi connectivity index (χ0v) is 14.4. The highest BCUT2D eigenvalue weighted by molar-refractivity contribution is 7.89. The number of sulfonamides is 1. The SMILES string of the molecule is O=C1CC(CNS(=O)(=O)c2ccccc2)CN1c1ccc(Cl)cc1. The van der Waals surface area contributed by atoms with E-state index >= 15 is 0 Å². The van der Waals surface area contributed by atoms with Gasteiger partial charge in [0.15, 0.2) is 0 Å². The van der Waals surface area contributed by atoms with Crippen LogP contribution in [0.25, 0.3) is 0 Å². The molecule has 1 N–H and O–H groups in total. The van der Waals surface area contributed by atoms with E-state index in [0.717, 1.165) is 5.69 Å². The van der Waals surface area contributed by atoms with Gasteiger partial charge in [0, 0.05) is 30.2 Å². The third kappa shape index (κ3) is 3.77. The fraction of sp³-hybridized carbons (Fsp3) is 0.235. The van der Waals surface area contributed by atoms with Crippen LogP contribution in [0.2, 0.25) is 5.02 Å². The van der Waals surface area contributed by atoms with Crippen molar-refractivity contribution in [1.82, 2.24) is 4.72 Å². The molecule has 0 radical (unpaired) electrons. The van der Waals surface area contributed by atoms with Crippen molar-refractivity contribution in [3.05, 3.63) is 59.6 Å². The highest BCUT2D eigenvalue weighted by Crippen LogP contribution is 2.26. The Balaban J connectivity index is 1.63. The van der Waals surface area contributed by atoms with Crippen LogP contribution in [0.15, 0.2) is 59.5 Å². The Bertz CT molecular complexity index is 823. The molecule has 2 aromatic carbocycles. The van der Waals surface area contributed by atoms with Crippen molar-refractivity contribution in [2.75, 3.05) is 18.0 Å². The number of anilines is 1. The molecule has 2 aromatic rings. The van der Waals surface area contributed by atoms with Gasteiger partial charge in [-0.2, -0.15) is 0 Å². The van der Waals surface area contributed by atoms with E-state index in [9.17, 15) is 13.2 Å². The molecule has 1 amide bonds. The Kier molecular flexibility index (Phi) is 4.89. The zero-order valence-electron chi connectivity index (χ0n) is 12.9. The fourth-order valence-electron chi connectivity index (χ4n) is 2.70. The molecule has 126 valence electrons. The van der Waals surface area contributed by atoms with Gasteiger partial charge < -0.3 is 4.90 Å². The van der Waals surface area contributed by atoms with Crippen LogP contribution in [-0.2, 0) is 14.8 Å². The molecule has 0 aliphatic carbocycles. The van der Waals surface area contributed by atoms with E-state index in [4.69, 9.17) is 11.6 Å². The van der Waals surface area contributed by atoms with Crippen LogP contribution in [0.1, 0.15) is 6.42 Å². The molecule has 5 nitrogen and oxygen atoms in total. The third-order valence-electron chi connectivity index (χ3n) is 3.96. The first kappa shape index (κ1) is 17.0. The van der Waals surface area contributed by atoms with Crippen molar-refractivity contribution < 1.29 is 13.2 Å². The number of rotatable bonds is 5. The Labute approximate surface area is 146 Å². The van der Waals surface area contributed by atoms with Crippen molar-refractivity contribution in [3.63, 3.8) is 0 Å². The van der Waals surface area contributed by atoms with E-state index in [1.165, 1.54) is 0 Å². The molecule has 24 heavy (non-hydrogen) atoms. The molecule has 0 bridgehead atoms. The van der Waals surface area contributed by atoms with Crippen LogP contribution in [0.3, 0.4) is 0 Å². The van der Waals surface area contributed by atoms with Gasteiger partial charge in [-0.3, -0.25) is 4.79 Å². The third-order valence-corrected chi connectivity index (χ3v) is 5.65. The maximum absolute atomic E-state index is 12.2. The smallest absolute Gasteiger partial charge is 0.240 e. The number of hydrogen-bond acceptors (Lipinski definition) is 3. The quantitative estimate of drug-likeness (QED) is 0.887. The summed E-state index contributed by atoms with van der Waals surface area (Å²) in [6, 6.07) is 15.2. The first-order valence-electron chi connectivity index (χ1n) is 7.56. The number of carbonyl (C=O) groups excluding carboxylic acids is 1. The van der Waals surface area contributed by atoms with Gasteiger partial charge in [0.05, 0.1) is 4.90 Å². The Morgan fingerprint density at radius 2 is 1.75 bits per heavy atom. The molecule has 7 heteroatoms. The minimum Gasteiger partial charge on any atom is -0.312 e. The molecule has 0 aromatic heterocycles. The normalized spacial score (nSPS) is 18.1. The average Bonchev–Trinajstić information content (AvgIpc) is 2.96. The van der Waals surface area contributed by atoms with Gasteiger partial charge in [-0.15, -0.1) is 0 Å². The summed E-state index contributed by atoms with van der Waals surface area (Å²) in [4.78, 5) is 14.1. The number of nitrogens with zero attached hydrogens (tertiary/aromatic N) is 1. The second-order valence-corrected chi connectivity index (χ2v) is 7.92. The molecule has 1 heterocycles. The van der Waals surface area contributed by atoms with Gasteiger partial charge in [-0.05, 0) is 42.3 Å². The summed E-state index contributed by atoms with van der Waals surface area (Å²) in [6.45, 7) is 0.713. The van der Waals surface area contributed by atoms with E-state index in [0.29, 0.717) is 18.0 Å².